The molecule has 0 radical (unpaired) electrons. The number of carbonyl (C=O) groups is 1. The molecular weight excluding hydrogens is 424 g/mol. The molecule has 4 heteroatoms. The van der Waals surface area contributed by atoms with Gasteiger partial charge in [-0.25, -0.2) is 0 Å². The van der Waals surface area contributed by atoms with Gasteiger partial charge in [-0.2, -0.15) is 0 Å². The molecule has 4 fully saturated rings. The van der Waals surface area contributed by atoms with E-state index in [1.54, 1.807) is 0 Å². The second-order valence-electron chi connectivity index (χ2n) is 15.2. The van der Waals surface area contributed by atoms with Gasteiger partial charge in [0, 0.05) is 0 Å². The second kappa shape index (κ2) is 7.12. The first kappa shape index (κ1) is 24.8. The molecule has 5 aliphatic rings. The first-order valence-corrected chi connectivity index (χ1v) is 13.9. The first-order valence-electron chi connectivity index (χ1n) is 13.9. The molecule has 0 saturated heterocycles. The molecule has 34 heavy (non-hydrogen) atoms. The summed E-state index contributed by atoms with van der Waals surface area (Å²) in [5, 5.41) is 33.1. The van der Waals surface area contributed by atoms with E-state index in [9.17, 15) is 20.1 Å². The van der Waals surface area contributed by atoms with Crippen LogP contribution in [0, 0.1) is 50.2 Å². The zero-order chi connectivity index (χ0) is 25.1. The topological polar surface area (TPSA) is 77.8 Å². The van der Waals surface area contributed by atoms with E-state index in [1.165, 1.54) is 5.57 Å². The van der Waals surface area contributed by atoms with Gasteiger partial charge in [0.25, 0.3) is 0 Å². The zero-order valence-corrected chi connectivity index (χ0v) is 22.6. The number of hydrogen-bond acceptors (Lipinski definition) is 3. The Balaban J connectivity index is 1.63. The highest BCUT2D eigenvalue weighted by molar-refractivity contribution is 5.77. The quantitative estimate of drug-likeness (QED) is 0.397. The standard InChI is InChI=1S/C30H48O4/c1-25(2)14-15-30(24(33)34)19(16-25)18-8-9-21-27(5)12-11-22(31)26(3,4)20(27)10-13-28(21,6)29(18,7)17-23(30)32/h8,19-23,31-32H,9-17H2,1-7H3,(H,33,34)/t19-,20-,21-,22+,23+,27-,28+,29+,30+/m1/s1. The third-order valence-corrected chi connectivity index (χ3v) is 13.1. The predicted octanol–water partition coefficient (Wildman–Crippen LogP) is 6.20. The van der Waals surface area contributed by atoms with Crippen LogP contribution in [0.1, 0.15) is 106 Å². The Bertz CT molecular complexity index is 919. The summed E-state index contributed by atoms with van der Waals surface area (Å²) in [7, 11) is 0. The summed E-state index contributed by atoms with van der Waals surface area (Å²) in [6, 6.07) is 0. The van der Waals surface area contributed by atoms with Gasteiger partial charge in [-0.05, 0) is 103 Å². The molecule has 0 unspecified atom stereocenters. The van der Waals surface area contributed by atoms with Crippen molar-refractivity contribution in [3.63, 3.8) is 0 Å². The SMILES string of the molecule is CC1(C)CC[C@]2(C(=O)O)[C@H](C1)C1=CC[C@@H]3[C@]4(C)CC[C@H](O)C(C)(C)[C@H]4CC[C@]3(C)[C@@]1(C)C[C@@H]2O. The fourth-order valence-corrected chi connectivity index (χ4v) is 10.7. The molecule has 4 saturated carbocycles. The van der Waals surface area contributed by atoms with Crippen LogP contribution in [-0.4, -0.2) is 33.5 Å². The third-order valence-electron chi connectivity index (χ3n) is 13.1. The van der Waals surface area contributed by atoms with E-state index in [0.717, 1.165) is 44.9 Å². The Morgan fingerprint density at radius 2 is 1.53 bits per heavy atom. The average Bonchev–Trinajstić information content (AvgIpc) is 2.71. The molecule has 0 aromatic carbocycles. The molecule has 192 valence electrons. The highest BCUT2D eigenvalue weighted by Gasteiger charge is 2.71. The minimum absolute atomic E-state index is 0.0218. The van der Waals surface area contributed by atoms with Gasteiger partial charge in [0.1, 0.15) is 5.41 Å². The molecule has 0 bridgehead atoms. The van der Waals surface area contributed by atoms with Crippen molar-refractivity contribution in [2.45, 2.75) is 118 Å². The fourth-order valence-electron chi connectivity index (χ4n) is 10.7. The molecule has 5 aliphatic carbocycles. The molecule has 9 atom stereocenters. The normalized spacial score (nSPS) is 53.4. The molecule has 0 spiro atoms. The molecule has 0 amide bonds. The summed E-state index contributed by atoms with van der Waals surface area (Å²) >= 11 is 0. The van der Waals surface area contributed by atoms with E-state index in [1.807, 2.05) is 0 Å². The van der Waals surface area contributed by atoms with Crippen molar-refractivity contribution in [1.82, 2.24) is 0 Å². The number of aliphatic hydroxyl groups excluding tert-OH is 2. The van der Waals surface area contributed by atoms with Gasteiger partial charge < -0.3 is 15.3 Å². The van der Waals surface area contributed by atoms with Crippen molar-refractivity contribution in [2.75, 3.05) is 0 Å². The van der Waals surface area contributed by atoms with Crippen molar-refractivity contribution in [3.8, 4) is 0 Å². The van der Waals surface area contributed by atoms with Gasteiger partial charge >= 0.3 is 5.97 Å². The minimum atomic E-state index is -1.04. The zero-order valence-electron chi connectivity index (χ0n) is 22.6. The summed E-state index contributed by atoms with van der Waals surface area (Å²) in [6.45, 7) is 16.4. The van der Waals surface area contributed by atoms with Gasteiger partial charge in [-0.15, -0.1) is 0 Å². The molecule has 0 aromatic rings. The van der Waals surface area contributed by atoms with E-state index >= 15 is 0 Å². The number of allylic oxidation sites excluding steroid dienone is 2. The highest BCUT2D eigenvalue weighted by Crippen LogP contribution is 2.75. The smallest absolute Gasteiger partial charge is 0.312 e. The third kappa shape index (κ3) is 2.82. The van der Waals surface area contributed by atoms with E-state index in [-0.39, 0.29) is 39.1 Å². The lowest BCUT2D eigenvalue weighted by Crippen LogP contribution is -2.67. The van der Waals surface area contributed by atoms with Crippen LogP contribution in [0.25, 0.3) is 0 Å². The molecule has 0 heterocycles. The van der Waals surface area contributed by atoms with Gasteiger partial charge in [0.15, 0.2) is 0 Å². The number of fused-ring (bicyclic) bond motifs is 7. The van der Waals surface area contributed by atoms with E-state index in [2.05, 4.69) is 54.5 Å². The van der Waals surface area contributed by atoms with Crippen LogP contribution < -0.4 is 0 Å². The number of carboxylic acids is 1. The van der Waals surface area contributed by atoms with E-state index < -0.39 is 17.5 Å². The van der Waals surface area contributed by atoms with Crippen LogP contribution in [0.15, 0.2) is 11.6 Å². The van der Waals surface area contributed by atoms with Gasteiger partial charge in [0.2, 0.25) is 0 Å². The van der Waals surface area contributed by atoms with Crippen LogP contribution in [0.5, 0.6) is 0 Å². The van der Waals surface area contributed by atoms with Gasteiger partial charge in [-0.1, -0.05) is 60.1 Å². The molecule has 0 aliphatic heterocycles. The Morgan fingerprint density at radius 1 is 0.853 bits per heavy atom. The lowest BCUT2D eigenvalue weighted by Gasteiger charge is -2.71. The number of carboxylic acid groups (broad SMARTS) is 1. The Morgan fingerprint density at radius 3 is 2.18 bits per heavy atom. The maximum atomic E-state index is 12.8. The Kier molecular flexibility index (Phi) is 5.20. The van der Waals surface area contributed by atoms with E-state index in [0.29, 0.717) is 24.7 Å². The van der Waals surface area contributed by atoms with Crippen molar-refractivity contribution < 1.29 is 20.1 Å². The summed E-state index contributed by atoms with van der Waals surface area (Å²) in [5.41, 5.74) is 0.295. The number of rotatable bonds is 1. The summed E-state index contributed by atoms with van der Waals surface area (Å²) < 4.78 is 0. The number of aliphatic carboxylic acids is 1. The van der Waals surface area contributed by atoms with Crippen LogP contribution in [0.3, 0.4) is 0 Å². The molecule has 4 nitrogen and oxygen atoms in total. The molecule has 3 N–H and O–H groups in total. The number of aliphatic hydroxyl groups is 2. The van der Waals surface area contributed by atoms with Crippen molar-refractivity contribution in [3.05, 3.63) is 11.6 Å². The number of hydrogen-bond donors (Lipinski definition) is 3. The maximum Gasteiger partial charge on any atom is 0.312 e. The maximum absolute atomic E-state index is 12.8. The molecular formula is C30H48O4. The largest absolute Gasteiger partial charge is 0.481 e. The summed E-state index contributed by atoms with van der Waals surface area (Å²) in [5.74, 6) is 0.0888. The lowest BCUT2D eigenvalue weighted by molar-refractivity contribution is -0.218. The Labute approximate surface area is 206 Å². The fraction of sp³-hybridized carbons (Fsp3) is 0.900. The second-order valence-corrected chi connectivity index (χ2v) is 15.2. The monoisotopic (exact) mass is 472 g/mol. The summed E-state index contributed by atoms with van der Waals surface area (Å²) in [6.07, 6.45) is 9.35. The molecule has 5 rings (SSSR count). The van der Waals surface area contributed by atoms with E-state index in [4.69, 9.17) is 0 Å². The van der Waals surface area contributed by atoms with Crippen molar-refractivity contribution >= 4 is 5.97 Å². The van der Waals surface area contributed by atoms with Gasteiger partial charge in [0.05, 0.1) is 12.2 Å². The minimum Gasteiger partial charge on any atom is -0.481 e. The Hall–Kier alpha value is -0.870. The van der Waals surface area contributed by atoms with Crippen LogP contribution in [0.4, 0.5) is 0 Å². The van der Waals surface area contributed by atoms with Crippen LogP contribution >= 0.6 is 0 Å². The first-order chi connectivity index (χ1) is 15.6. The van der Waals surface area contributed by atoms with Crippen molar-refractivity contribution in [2.24, 2.45) is 50.2 Å². The summed E-state index contributed by atoms with van der Waals surface area (Å²) in [4.78, 5) is 12.8. The lowest BCUT2D eigenvalue weighted by atomic mass is 9.33. The average molecular weight is 473 g/mol. The van der Waals surface area contributed by atoms with Crippen molar-refractivity contribution in [1.29, 1.82) is 0 Å². The van der Waals surface area contributed by atoms with Crippen LogP contribution in [-0.2, 0) is 4.79 Å². The van der Waals surface area contributed by atoms with Crippen LogP contribution in [0.2, 0.25) is 0 Å². The van der Waals surface area contributed by atoms with Gasteiger partial charge in [-0.3, -0.25) is 4.79 Å². The highest BCUT2D eigenvalue weighted by atomic mass is 16.4. The molecule has 0 aromatic heterocycles. The predicted molar refractivity (Wildman–Crippen MR) is 134 cm³/mol.